The number of aryl methyl sites for hydroxylation is 1. The first kappa shape index (κ1) is 18.4. The van der Waals surface area contributed by atoms with Crippen molar-refractivity contribution in [2.45, 2.75) is 6.92 Å². The molecule has 138 valence electrons. The SMILES string of the molecule is COc1ccc(Br)c(C(=O)N2CCN(c3cc(OC)nc(C)n3)CC2)c1. The van der Waals surface area contributed by atoms with Crippen LogP contribution in [0.15, 0.2) is 28.7 Å². The third-order valence-electron chi connectivity index (χ3n) is 4.30. The lowest BCUT2D eigenvalue weighted by atomic mass is 10.1. The lowest BCUT2D eigenvalue weighted by Crippen LogP contribution is -2.49. The van der Waals surface area contributed by atoms with Gasteiger partial charge in [-0.1, -0.05) is 0 Å². The van der Waals surface area contributed by atoms with Crippen LogP contribution in [0.5, 0.6) is 11.6 Å². The van der Waals surface area contributed by atoms with Crippen molar-refractivity contribution < 1.29 is 14.3 Å². The summed E-state index contributed by atoms with van der Waals surface area (Å²) in [5.41, 5.74) is 0.609. The highest BCUT2D eigenvalue weighted by Crippen LogP contribution is 2.25. The quantitative estimate of drug-likeness (QED) is 0.756. The number of anilines is 1. The molecule has 0 bridgehead atoms. The minimum atomic E-state index is -0.00752. The molecule has 0 aliphatic carbocycles. The summed E-state index contributed by atoms with van der Waals surface area (Å²) in [7, 11) is 3.18. The molecule has 26 heavy (non-hydrogen) atoms. The highest BCUT2D eigenvalue weighted by atomic mass is 79.9. The molecule has 1 saturated heterocycles. The van der Waals surface area contributed by atoms with Gasteiger partial charge in [-0.3, -0.25) is 4.79 Å². The zero-order valence-corrected chi connectivity index (χ0v) is 16.6. The van der Waals surface area contributed by atoms with Crippen LogP contribution in [0.1, 0.15) is 16.2 Å². The molecule has 0 unspecified atom stereocenters. The predicted octanol–water partition coefficient (Wildman–Crippen LogP) is 2.53. The van der Waals surface area contributed by atoms with Crippen LogP contribution in [0.4, 0.5) is 5.82 Å². The van der Waals surface area contributed by atoms with Crippen LogP contribution in [0.3, 0.4) is 0 Å². The van der Waals surface area contributed by atoms with Crippen LogP contribution in [-0.4, -0.2) is 61.2 Å². The molecule has 0 saturated carbocycles. The molecule has 1 fully saturated rings. The number of nitrogens with zero attached hydrogens (tertiary/aromatic N) is 4. The molecule has 7 nitrogen and oxygen atoms in total. The monoisotopic (exact) mass is 420 g/mol. The summed E-state index contributed by atoms with van der Waals surface area (Å²) in [5.74, 6) is 2.69. The van der Waals surface area contributed by atoms with Gasteiger partial charge in [0, 0.05) is 36.7 Å². The molecule has 2 aromatic rings. The number of carbonyl (C=O) groups is 1. The number of rotatable bonds is 4. The number of halogens is 1. The Hall–Kier alpha value is -2.35. The molecule has 2 heterocycles. The van der Waals surface area contributed by atoms with Gasteiger partial charge in [0.1, 0.15) is 17.4 Å². The molecule has 1 aliphatic heterocycles. The van der Waals surface area contributed by atoms with Crippen LogP contribution in [0.2, 0.25) is 0 Å². The Bertz CT molecular complexity index is 807. The highest BCUT2D eigenvalue weighted by molar-refractivity contribution is 9.10. The smallest absolute Gasteiger partial charge is 0.255 e. The molecule has 1 aromatic heterocycles. The normalized spacial score (nSPS) is 14.3. The summed E-state index contributed by atoms with van der Waals surface area (Å²) in [4.78, 5) is 25.5. The van der Waals surface area contributed by atoms with Gasteiger partial charge in [0.2, 0.25) is 5.88 Å². The van der Waals surface area contributed by atoms with E-state index in [1.807, 2.05) is 30.0 Å². The molecule has 0 N–H and O–H groups in total. The van der Waals surface area contributed by atoms with Crippen molar-refractivity contribution in [2.24, 2.45) is 0 Å². The maximum atomic E-state index is 12.9. The fraction of sp³-hybridized carbons (Fsp3) is 0.389. The lowest BCUT2D eigenvalue weighted by Gasteiger charge is -2.35. The average molecular weight is 421 g/mol. The second-order valence-electron chi connectivity index (χ2n) is 5.94. The van der Waals surface area contributed by atoms with Crippen molar-refractivity contribution in [1.29, 1.82) is 0 Å². The van der Waals surface area contributed by atoms with Crippen molar-refractivity contribution in [3.05, 3.63) is 40.1 Å². The van der Waals surface area contributed by atoms with E-state index < -0.39 is 0 Å². The molecule has 0 spiro atoms. The number of carbonyl (C=O) groups excluding carboxylic acids is 1. The zero-order valence-electron chi connectivity index (χ0n) is 15.0. The summed E-state index contributed by atoms with van der Waals surface area (Å²) in [6, 6.07) is 7.24. The second kappa shape index (κ2) is 7.90. The Balaban J connectivity index is 1.70. The Morgan fingerprint density at radius 3 is 2.46 bits per heavy atom. The van der Waals surface area contributed by atoms with E-state index >= 15 is 0 Å². The molecular weight excluding hydrogens is 400 g/mol. The van der Waals surface area contributed by atoms with E-state index in [0.717, 1.165) is 10.3 Å². The van der Waals surface area contributed by atoms with Crippen LogP contribution >= 0.6 is 15.9 Å². The van der Waals surface area contributed by atoms with Crippen LogP contribution in [0, 0.1) is 6.92 Å². The van der Waals surface area contributed by atoms with Gasteiger partial charge in [-0.25, -0.2) is 4.98 Å². The summed E-state index contributed by atoms with van der Waals surface area (Å²) in [6.45, 7) is 4.48. The Morgan fingerprint density at radius 1 is 1.08 bits per heavy atom. The van der Waals surface area contributed by atoms with Crippen molar-refractivity contribution in [3.8, 4) is 11.6 Å². The van der Waals surface area contributed by atoms with E-state index in [9.17, 15) is 4.79 Å². The molecule has 8 heteroatoms. The van der Waals surface area contributed by atoms with Crippen molar-refractivity contribution in [3.63, 3.8) is 0 Å². The van der Waals surface area contributed by atoms with Gasteiger partial charge in [-0.15, -0.1) is 0 Å². The standard InChI is InChI=1S/C18H21BrN4O3/c1-12-20-16(11-17(21-12)26-3)22-6-8-23(9-7-22)18(24)14-10-13(25-2)4-5-15(14)19/h4-5,10-11H,6-9H2,1-3H3. The maximum absolute atomic E-state index is 12.9. The zero-order chi connectivity index (χ0) is 18.7. The number of benzene rings is 1. The minimum absolute atomic E-state index is 0.00752. The molecular formula is C18H21BrN4O3. The fourth-order valence-corrected chi connectivity index (χ4v) is 3.31. The first-order valence-corrected chi connectivity index (χ1v) is 9.08. The summed E-state index contributed by atoms with van der Waals surface area (Å²) in [6.07, 6.45) is 0. The molecule has 1 aromatic carbocycles. The van der Waals surface area contributed by atoms with Gasteiger partial charge in [0.15, 0.2) is 0 Å². The van der Waals surface area contributed by atoms with Gasteiger partial charge in [0.25, 0.3) is 5.91 Å². The highest BCUT2D eigenvalue weighted by Gasteiger charge is 2.25. The predicted molar refractivity (Wildman–Crippen MR) is 102 cm³/mol. The fourth-order valence-electron chi connectivity index (χ4n) is 2.90. The van der Waals surface area contributed by atoms with E-state index in [2.05, 4.69) is 30.8 Å². The first-order valence-electron chi connectivity index (χ1n) is 8.29. The van der Waals surface area contributed by atoms with E-state index in [1.165, 1.54) is 0 Å². The van der Waals surface area contributed by atoms with Crippen LogP contribution in [-0.2, 0) is 0 Å². The maximum Gasteiger partial charge on any atom is 0.255 e. The minimum Gasteiger partial charge on any atom is -0.497 e. The largest absolute Gasteiger partial charge is 0.497 e. The Morgan fingerprint density at radius 2 is 1.81 bits per heavy atom. The van der Waals surface area contributed by atoms with Gasteiger partial charge < -0.3 is 19.3 Å². The van der Waals surface area contributed by atoms with E-state index in [4.69, 9.17) is 9.47 Å². The molecule has 0 radical (unpaired) electrons. The van der Waals surface area contributed by atoms with Crippen molar-refractivity contribution >= 4 is 27.7 Å². The van der Waals surface area contributed by atoms with Gasteiger partial charge in [-0.05, 0) is 41.1 Å². The third-order valence-corrected chi connectivity index (χ3v) is 5.00. The number of aromatic nitrogens is 2. The number of amides is 1. The Kier molecular flexibility index (Phi) is 5.61. The van der Waals surface area contributed by atoms with E-state index in [1.54, 1.807) is 20.3 Å². The summed E-state index contributed by atoms with van der Waals surface area (Å²) < 4.78 is 11.2. The molecule has 3 rings (SSSR count). The number of piperazine rings is 1. The second-order valence-corrected chi connectivity index (χ2v) is 6.80. The lowest BCUT2D eigenvalue weighted by molar-refractivity contribution is 0.0745. The summed E-state index contributed by atoms with van der Waals surface area (Å²) >= 11 is 3.45. The first-order chi connectivity index (χ1) is 12.5. The van der Waals surface area contributed by atoms with Gasteiger partial charge in [-0.2, -0.15) is 4.98 Å². The van der Waals surface area contributed by atoms with Crippen molar-refractivity contribution in [2.75, 3.05) is 45.3 Å². The average Bonchev–Trinajstić information content (AvgIpc) is 2.67. The number of hydrogen-bond donors (Lipinski definition) is 0. The Labute approximate surface area is 161 Å². The number of ether oxygens (including phenoxy) is 2. The van der Waals surface area contributed by atoms with Crippen molar-refractivity contribution in [1.82, 2.24) is 14.9 Å². The molecule has 0 atom stereocenters. The topological polar surface area (TPSA) is 67.8 Å². The van der Waals surface area contributed by atoms with E-state index in [0.29, 0.717) is 49.2 Å². The van der Waals surface area contributed by atoms with Crippen LogP contribution in [0.25, 0.3) is 0 Å². The summed E-state index contributed by atoms with van der Waals surface area (Å²) in [5, 5.41) is 0. The van der Waals surface area contributed by atoms with E-state index in [-0.39, 0.29) is 5.91 Å². The van der Waals surface area contributed by atoms with Crippen LogP contribution < -0.4 is 14.4 Å². The number of hydrogen-bond acceptors (Lipinski definition) is 6. The van der Waals surface area contributed by atoms with Gasteiger partial charge in [0.05, 0.1) is 19.8 Å². The third kappa shape index (κ3) is 3.90. The van der Waals surface area contributed by atoms with Gasteiger partial charge >= 0.3 is 0 Å². The molecule has 1 amide bonds. The number of methoxy groups -OCH3 is 2. The molecule has 1 aliphatic rings.